The van der Waals surface area contributed by atoms with Gasteiger partial charge in [0.2, 0.25) is 0 Å². The molecular formula is C52H32N4. The molecule has 260 valence electrons. The first-order valence-electron chi connectivity index (χ1n) is 19.1. The lowest BCUT2D eigenvalue weighted by Gasteiger charge is -2.31. The van der Waals surface area contributed by atoms with E-state index < -0.39 is 5.41 Å². The molecule has 8 aromatic carbocycles. The topological polar surface area (TPSA) is 43.6 Å². The maximum Gasteiger partial charge on any atom is 0.164 e. The summed E-state index contributed by atoms with van der Waals surface area (Å²) in [6.45, 7) is 0. The van der Waals surface area contributed by atoms with Crippen LogP contribution in [0, 0.1) is 0 Å². The Morgan fingerprint density at radius 1 is 0.339 bits per heavy atom. The van der Waals surface area contributed by atoms with Crippen molar-refractivity contribution in [1.82, 2.24) is 19.5 Å². The summed E-state index contributed by atoms with van der Waals surface area (Å²) in [5, 5.41) is 2.54. The number of hydrogen-bond acceptors (Lipinski definition) is 3. The van der Waals surface area contributed by atoms with Gasteiger partial charge in [0.25, 0.3) is 0 Å². The highest BCUT2D eigenvalue weighted by atomic mass is 15.0. The minimum Gasteiger partial charge on any atom is -0.309 e. The van der Waals surface area contributed by atoms with E-state index in [1.807, 2.05) is 60.7 Å². The molecule has 4 heteroatoms. The summed E-state index contributed by atoms with van der Waals surface area (Å²) in [6, 6.07) is 69.6. The Morgan fingerprint density at radius 3 is 1.34 bits per heavy atom. The van der Waals surface area contributed by atoms with Crippen molar-refractivity contribution in [2.75, 3.05) is 0 Å². The van der Waals surface area contributed by atoms with E-state index >= 15 is 0 Å². The van der Waals surface area contributed by atoms with Gasteiger partial charge in [-0.2, -0.15) is 0 Å². The molecular weight excluding hydrogens is 681 g/mol. The highest BCUT2D eigenvalue weighted by Gasteiger charge is 2.52. The Balaban J connectivity index is 1.08. The van der Waals surface area contributed by atoms with E-state index in [1.54, 1.807) is 0 Å². The van der Waals surface area contributed by atoms with E-state index in [-0.39, 0.29) is 0 Å². The van der Waals surface area contributed by atoms with E-state index in [2.05, 4.69) is 138 Å². The van der Waals surface area contributed by atoms with Crippen LogP contribution in [0.4, 0.5) is 0 Å². The maximum atomic E-state index is 5.00. The summed E-state index contributed by atoms with van der Waals surface area (Å²) in [6.07, 6.45) is 0. The van der Waals surface area contributed by atoms with Gasteiger partial charge >= 0.3 is 0 Å². The number of aromatic nitrogens is 4. The van der Waals surface area contributed by atoms with Crippen LogP contribution in [-0.2, 0) is 5.41 Å². The van der Waals surface area contributed by atoms with Gasteiger partial charge in [0, 0.05) is 33.2 Å². The molecule has 0 fully saturated rings. The molecule has 1 spiro atoms. The number of hydrogen-bond donors (Lipinski definition) is 0. The van der Waals surface area contributed by atoms with Crippen LogP contribution in [0.3, 0.4) is 0 Å². The Kier molecular flexibility index (Phi) is 6.52. The van der Waals surface area contributed by atoms with Crippen LogP contribution in [-0.4, -0.2) is 19.5 Å². The van der Waals surface area contributed by atoms with E-state index in [0.29, 0.717) is 17.5 Å². The lowest BCUT2D eigenvalue weighted by Crippen LogP contribution is -2.26. The van der Waals surface area contributed by atoms with Crippen molar-refractivity contribution in [1.29, 1.82) is 0 Å². The lowest BCUT2D eigenvalue weighted by atomic mass is 9.69. The molecule has 0 unspecified atom stereocenters. The zero-order chi connectivity index (χ0) is 36.8. The molecule has 56 heavy (non-hydrogen) atoms. The number of benzene rings is 8. The zero-order valence-corrected chi connectivity index (χ0v) is 30.3. The van der Waals surface area contributed by atoms with Crippen molar-refractivity contribution in [3.05, 3.63) is 216 Å². The highest BCUT2D eigenvalue weighted by molar-refractivity contribution is 6.16. The number of para-hydroxylation sites is 1. The highest BCUT2D eigenvalue weighted by Crippen LogP contribution is 2.64. The molecule has 0 amide bonds. The smallest absolute Gasteiger partial charge is 0.164 e. The number of rotatable bonds is 4. The third kappa shape index (κ3) is 4.21. The van der Waals surface area contributed by atoms with E-state index in [0.717, 1.165) is 22.4 Å². The largest absolute Gasteiger partial charge is 0.309 e. The van der Waals surface area contributed by atoms with Crippen molar-refractivity contribution < 1.29 is 0 Å². The molecule has 0 N–H and O–H groups in total. The molecule has 2 aromatic heterocycles. The predicted octanol–water partition coefficient (Wildman–Crippen LogP) is 12.3. The standard InChI is InChI=1S/C52H32N4/c1-3-15-33(16-4-1)49-53-50(34-17-5-2-6-18-34)55-51(54-49)35-27-29-36(30-28-35)56-45-26-14-10-22-41(45)47-46(56)32-31-40-39-21-9-13-25-44(39)52(48(40)47)42-23-11-7-19-37(42)38-20-8-12-24-43(38)52/h1-32H. The van der Waals surface area contributed by atoms with E-state index in [9.17, 15) is 0 Å². The van der Waals surface area contributed by atoms with Gasteiger partial charge in [-0.25, -0.2) is 15.0 Å². The Bertz CT molecular complexity index is 3060. The SMILES string of the molecule is c1ccc(-c2nc(-c3ccccc3)nc(-c3ccc(-n4c5ccccc5c5c6c(ccc54)-c4ccccc4C64c5ccccc5-c5ccccc54)cc3)n2)cc1. The fourth-order valence-electron chi connectivity index (χ4n) is 9.62. The van der Waals surface area contributed by atoms with Crippen molar-refractivity contribution in [3.63, 3.8) is 0 Å². The van der Waals surface area contributed by atoms with Gasteiger partial charge in [-0.3, -0.25) is 0 Å². The first-order valence-corrected chi connectivity index (χ1v) is 19.1. The van der Waals surface area contributed by atoms with E-state index in [4.69, 9.17) is 15.0 Å². The van der Waals surface area contributed by atoms with Gasteiger partial charge in [0.05, 0.1) is 16.4 Å². The van der Waals surface area contributed by atoms with Gasteiger partial charge in [0.1, 0.15) is 0 Å². The van der Waals surface area contributed by atoms with Gasteiger partial charge < -0.3 is 4.57 Å². The fourth-order valence-corrected chi connectivity index (χ4v) is 9.62. The molecule has 0 atom stereocenters. The van der Waals surface area contributed by atoms with Crippen LogP contribution in [0.5, 0.6) is 0 Å². The summed E-state index contributed by atoms with van der Waals surface area (Å²) >= 11 is 0. The van der Waals surface area contributed by atoms with Crippen molar-refractivity contribution in [2.24, 2.45) is 0 Å². The number of fused-ring (bicyclic) bond motifs is 14. The third-order valence-corrected chi connectivity index (χ3v) is 11.9. The van der Waals surface area contributed by atoms with Crippen molar-refractivity contribution >= 4 is 21.8 Å². The first kappa shape index (κ1) is 31.0. The monoisotopic (exact) mass is 712 g/mol. The molecule has 2 heterocycles. The van der Waals surface area contributed by atoms with Crippen molar-refractivity contribution in [2.45, 2.75) is 5.41 Å². The summed E-state index contributed by atoms with van der Waals surface area (Å²) in [7, 11) is 0. The molecule has 0 radical (unpaired) electrons. The third-order valence-electron chi connectivity index (χ3n) is 11.9. The van der Waals surface area contributed by atoms with Crippen LogP contribution in [0.15, 0.2) is 194 Å². The summed E-state index contributed by atoms with van der Waals surface area (Å²) in [5.41, 5.74) is 16.5. The Hall–Kier alpha value is -7.43. The first-order chi connectivity index (χ1) is 27.8. The molecule has 2 aliphatic carbocycles. The van der Waals surface area contributed by atoms with Crippen LogP contribution >= 0.6 is 0 Å². The minimum atomic E-state index is -0.441. The van der Waals surface area contributed by atoms with Crippen LogP contribution in [0.25, 0.3) is 83.9 Å². The van der Waals surface area contributed by atoms with Crippen LogP contribution in [0.2, 0.25) is 0 Å². The van der Waals surface area contributed by atoms with Gasteiger partial charge in [-0.1, -0.05) is 158 Å². The van der Waals surface area contributed by atoms with E-state index in [1.165, 1.54) is 66.3 Å². The van der Waals surface area contributed by atoms with Crippen LogP contribution in [0.1, 0.15) is 22.3 Å². The second kappa shape index (κ2) is 11.8. The molecule has 12 rings (SSSR count). The predicted molar refractivity (Wildman–Crippen MR) is 227 cm³/mol. The fraction of sp³-hybridized carbons (Fsp3) is 0.0192. The van der Waals surface area contributed by atoms with Crippen LogP contribution < -0.4 is 0 Å². The molecule has 0 saturated carbocycles. The normalized spacial score (nSPS) is 13.1. The maximum absolute atomic E-state index is 5.00. The van der Waals surface area contributed by atoms with Crippen molar-refractivity contribution in [3.8, 4) is 62.1 Å². The molecule has 0 bridgehead atoms. The second-order valence-corrected chi connectivity index (χ2v) is 14.7. The summed E-state index contributed by atoms with van der Waals surface area (Å²) < 4.78 is 2.43. The summed E-state index contributed by atoms with van der Waals surface area (Å²) in [5.74, 6) is 1.95. The average Bonchev–Trinajstić information content (AvgIpc) is 3.89. The zero-order valence-electron chi connectivity index (χ0n) is 30.3. The average molecular weight is 713 g/mol. The molecule has 4 nitrogen and oxygen atoms in total. The second-order valence-electron chi connectivity index (χ2n) is 14.7. The number of nitrogens with zero attached hydrogens (tertiary/aromatic N) is 4. The Labute approximate surface area is 324 Å². The minimum absolute atomic E-state index is 0.441. The quantitative estimate of drug-likeness (QED) is 0.182. The van der Waals surface area contributed by atoms with Gasteiger partial charge in [-0.05, 0) is 80.9 Å². The Morgan fingerprint density at radius 2 is 0.786 bits per heavy atom. The molecule has 10 aromatic rings. The molecule has 2 aliphatic rings. The summed E-state index contributed by atoms with van der Waals surface area (Å²) in [4.78, 5) is 14.9. The molecule has 0 saturated heterocycles. The van der Waals surface area contributed by atoms with Gasteiger partial charge in [-0.15, -0.1) is 0 Å². The molecule has 0 aliphatic heterocycles. The van der Waals surface area contributed by atoms with Gasteiger partial charge in [0.15, 0.2) is 17.5 Å². The lowest BCUT2D eigenvalue weighted by molar-refractivity contribution is 0.802.